The molecule has 2 aromatic carbocycles. The molecule has 0 atom stereocenters. The van der Waals surface area contributed by atoms with Gasteiger partial charge >= 0.3 is 0 Å². The van der Waals surface area contributed by atoms with Crippen LogP contribution in [0.4, 0.5) is 11.4 Å². The number of aromatic nitrogens is 3. The first-order chi connectivity index (χ1) is 12.3. The lowest BCUT2D eigenvalue weighted by Crippen LogP contribution is -2.14. The summed E-state index contributed by atoms with van der Waals surface area (Å²) >= 11 is 0. The average Bonchev–Trinajstić information content (AvgIpc) is 3.00. The molecule has 9 nitrogen and oxygen atoms in total. The molecule has 1 aromatic heterocycles. The van der Waals surface area contributed by atoms with E-state index in [0.717, 1.165) is 0 Å². The Labute approximate surface area is 149 Å². The van der Waals surface area contributed by atoms with Crippen molar-refractivity contribution >= 4 is 21.4 Å². The third kappa shape index (κ3) is 3.40. The lowest BCUT2D eigenvalue weighted by atomic mass is 10.2. The summed E-state index contributed by atoms with van der Waals surface area (Å²) in [4.78, 5) is 10.2. The predicted octanol–water partition coefficient (Wildman–Crippen LogP) is 2.59. The second-order valence-corrected chi connectivity index (χ2v) is 7.26. The minimum atomic E-state index is -3.90. The van der Waals surface area contributed by atoms with Crippen molar-refractivity contribution in [3.05, 3.63) is 70.3 Å². The Hall–Kier alpha value is -3.27. The molecule has 10 heteroatoms. The van der Waals surface area contributed by atoms with Gasteiger partial charge in [0, 0.05) is 12.1 Å². The molecular weight excluding hydrogens is 358 g/mol. The number of nitrogens with one attached hydrogen (secondary N) is 1. The second-order valence-electron chi connectivity index (χ2n) is 5.61. The van der Waals surface area contributed by atoms with E-state index in [9.17, 15) is 18.5 Å². The first-order valence-electron chi connectivity index (χ1n) is 7.53. The van der Waals surface area contributed by atoms with Crippen molar-refractivity contribution in [1.82, 2.24) is 14.8 Å². The van der Waals surface area contributed by atoms with E-state index in [1.165, 1.54) is 31.5 Å². The highest BCUT2D eigenvalue weighted by Crippen LogP contribution is 2.24. The number of hydrogen-bond acceptors (Lipinski definition) is 6. The lowest BCUT2D eigenvalue weighted by molar-refractivity contribution is -0.385. The van der Waals surface area contributed by atoms with Gasteiger partial charge in [-0.2, -0.15) is 0 Å². The number of nitro benzene ring substituents is 1. The van der Waals surface area contributed by atoms with Crippen LogP contribution in [-0.2, 0) is 10.0 Å². The number of anilines is 1. The number of rotatable bonds is 5. The summed E-state index contributed by atoms with van der Waals surface area (Å²) < 4.78 is 29.5. The maximum absolute atomic E-state index is 12.7. The van der Waals surface area contributed by atoms with E-state index in [1.54, 1.807) is 35.8 Å². The molecule has 0 saturated heterocycles. The lowest BCUT2D eigenvalue weighted by Gasteiger charge is -2.12. The third-order valence-corrected chi connectivity index (χ3v) is 5.30. The van der Waals surface area contributed by atoms with Crippen molar-refractivity contribution in [2.75, 3.05) is 4.72 Å². The van der Waals surface area contributed by atoms with Crippen LogP contribution in [0, 0.1) is 24.0 Å². The van der Waals surface area contributed by atoms with E-state index in [2.05, 4.69) is 14.9 Å². The normalized spacial score (nSPS) is 11.3. The minimum Gasteiger partial charge on any atom is -0.286 e. The molecule has 0 spiro atoms. The van der Waals surface area contributed by atoms with E-state index < -0.39 is 14.9 Å². The van der Waals surface area contributed by atoms with Crippen LogP contribution in [0.5, 0.6) is 0 Å². The smallest absolute Gasteiger partial charge is 0.269 e. The standard InChI is InChI=1S/C16H15N5O4S/c1-11-8-15(21(22)23)6-7-16(11)26(24,25)19-13-4-3-5-14(9-13)20-10-17-18-12(20)2/h3-10,19H,1-2H3. The summed E-state index contributed by atoms with van der Waals surface area (Å²) in [6, 6.07) is 10.4. The Kier molecular flexibility index (Phi) is 4.43. The molecule has 0 aliphatic rings. The van der Waals surface area contributed by atoms with Crippen molar-refractivity contribution in [2.45, 2.75) is 18.7 Å². The molecule has 0 fully saturated rings. The number of sulfonamides is 1. The van der Waals surface area contributed by atoms with Gasteiger partial charge in [0.05, 0.1) is 21.2 Å². The monoisotopic (exact) mass is 373 g/mol. The summed E-state index contributed by atoms with van der Waals surface area (Å²) in [6.07, 6.45) is 1.53. The molecular formula is C16H15N5O4S. The van der Waals surface area contributed by atoms with Crippen LogP contribution in [0.25, 0.3) is 5.69 Å². The molecule has 0 aliphatic heterocycles. The molecule has 0 bridgehead atoms. The molecule has 0 saturated carbocycles. The van der Waals surface area contributed by atoms with Gasteiger partial charge in [-0.05, 0) is 43.7 Å². The van der Waals surface area contributed by atoms with Gasteiger partial charge in [-0.25, -0.2) is 8.42 Å². The van der Waals surface area contributed by atoms with Gasteiger partial charge in [-0.1, -0.05) is 6.07 Å². The van der Waals surface area contributed by atoms with E-state index >= 15 is 0 Å². The Balaban J connectivity index is 1.93. The van der Waals surface area contributed by atoms with Crippen molar-refractivity contribution in [1.29, 1.82) is 0 Å². The molecule has 0 radical (unpaired) electrons. The summed E-state index contributed by atoms with van der Waals surface area (Å²) in [5.41, 5.74) is 1.19. The molecule has 0 aliphatic carbocycles. The van der Waals surface area contributed by atoms with Crippen molar-refractivity contribution in [3.8, 4) is 5.69 Å². The molecule has 3 rings (SSSR count). The summed E-state index contributed by atoms with van der Waals surface area (Å²) in [7, 11) is -3.90. The van der Waals surface area contributed by atoms with E-state index in [-0.39, 0.29) is 16.1 Å². The zero-order chi connectivity index (χ0) is 18.9. The predicted molar refractivity (Wildman–Crippen MR) is 94.7 cm³/mol. The second kappa shape index (κ2) is 6.56. The van der Waals surface area contributed by atoms with E-state index in [1.807, 2.05) is 0 Å². The van der Waals surface area contributed by atoms with Crippen molar-refractivity contribution in [2.24, 2.45) is 0 Å². The molecule has 0 amide bonds. The van der Waals surface area contributed by atoms with Crippen LogP contribution in [0.1, 0.15) is 11.4 Å². The first kappa shape index (κ1) is 17.5. The fourth-order valence-electron chi connectivity index (χ4n) is 2.52. The summed E-state index contributed by atoms with van der Waals surface area (Å²) in [5.74, 6) is 0.663. The third-order valence-electron chi connectivity index (χ3n) is 3.75. The Morgan fingerprint density at radius 1 is 1.15 bits per heavy atom. The average molecular weight is 373 g/mol. The highest BCUT2D eigenvalue weighted by molar-refractivity contribution is 7.92. The number of non-ortho nitro benzene ring substituents is 1. The number of benzene rings is 2. The van der Waals surface area contributed by atoms with Gasteiger partial charge in [-0.3, -0.25) is 19.4 Å². The van der Waals surface area contributed by atoms with E-state index in [4.69, 9.17) is 0 Å². The van der Waals surface area contributed by atoms with Crippen LogP contribution in [0.2, 0.25) is 0 Å². The summed E-state index contributed by atoms with van der Waals surface area (Å²) in [5, 5.41) is 18.5. The topological polar surface area (TPSA) is 120 Å². The summed E-state index contributed by atoms with van der Waals surface area (Å²) in [6.45, 7) is 3.29. The van der Waals surface area contributed by atoms with Gasteiger partial charge in [0.1, 0.15) is 12.2 Å². The quantitative estimate of drug-likeness (QED) is 0.542. The van der Waals surface area contributed by atoms with Gasteiger partial charge in [0.25, 0.3) is 15.7 Å². The van der Waals surface area contributed by atoms with Crippen LogP contribution in [0.3, 0.4) is 0 Å². The minimum absolute atomic E-state index is 0.0195. The Morgan fingerprint density at radius 3 is 2.54 bits per heavy atom. The van der Waals surface area contributed by atoms with Crippen LogP contribution in [0.15, 0.2) is 53.7 Å². The Bertz CT molecular complexity index is 1090. The number of nitrogens with zero attached hydrogens (tertiary/aromatic N) is 4. The fraction of sp³-hybridized carbons (Fsp3) is 0.125. The number of nitro groups is 1. The van der Waals surface area contributed by atoms with Crippen LogP contribution in [-0.4, -0.2) is 28.1 Å². The van der Waals surface area contributed by atoms with Crippen molar-refractivity contribution < 1.29 is 13.3 Å². The molecule has 1 N–H and O–H groups in total. The van der Waals surface area contributed by atoms with Crippen LogP contribution < -0.4 is 4.72 Å². The maximum atomic E-state index is 12.7. The van der Waals surface area contributed by atoms with Crippen LogP contribution >= 0.6 is 0 Å². The van der Waals surface area contributed by atoms with Gasteiger partial charge < -0.3 is 0 Å². The zero-order valence-electron chi connectivity index (χ0n) is 13.9. The number of hydrogen-bond donors (Lipinski definition) is 1. The largest absolute Gasteiger partial charge is 0.286 e. The molecule has 134 valence electrons. The Morgan fingerprint density at radius 2 is 1.92 bits per heavy atom. The highest BCUT2D eigenvalue weighted by atomic mass is 32.2. The van der Waals surface area contributed by atoms with Gasteiger partial charge in [-0.15, -0.1) is 10.2 Å². The molecule has 26 heavy (non-hydrogen) atoms. The van der Waals surface area contributed by atoms with Gasteiger partial charge in [0.2, 0.25) is 0 Å². The van der Waals surface area contributed by atoms with Gasteiger partial charge in [0.15, 0.2) is 0 Å². The molecule has 3 aromatic rings. The molecule has 1 heterocycles. The number of aryl methyl sites for hydroxylation is 2. The highest BCUT2D eigenvalue weighted by Gasteiger charge is 2.19. The fourth-order valence-corrected chi connectivity index (χ4v) is 3.80. The SMILES string of the molecule is Cc1cc([N+](=O)[O-])ccc1S(=O)(=O)Nc1cccc(-n2cnnc2C)c1. The maximum Gasteiger partial charge on any atom is 0.269 e. The first-order valence-corrected chi connectivity index (χ1v) is 9.01. The van der Waals surface area contributed by atoms with E-state index in [0.29, 0.717) is 17.2 Å². The zero-order valence-corrected chi connectivity index (χ0v) is 14.8. The molecule has 0 unspecified atom stereocenters. The van der Waals surface area contributed by atoms with Crippen molar-refractivity contribution in [3.63, 3.8) is 0 Å².